The minimum absolute atomic E-state index is 0.0291. The lowest BCUT2D eigenvalue weighted by atomic mass is 9.89. The lowest BCUT2D eigenvalue weighted by Crippen LogP contribution is -2.33. The first-order valence-electron chi connectivity index (χ1n) is 10.1. The number of alkyl halides is 3. The Labute approximate surface area is 176 Å². The summed E-state index contributed by atoms with van der Waals surface area (Å²) in [4.78, 5) is 8.07. The van der Waals surface area contributed by atoms with Gasteiger partial charge in [0, 0.05) is 19.2 Å². The van der Waals surface area contributed by atoms with Gasteiger partial charge in [-0.3, -0.25) is 0 Å². The zero-order chi connectivity index (χ0) is 21.8. The highest BCUT2D eigenvalue weighted by Gasteiger charge is 2.39. The van der Waals surface area contributed by atoms with Crippen LogP contribution in [0.25, 0.3) is 0 Å². The summed E-state index contributed by atoms with van der Waals surface area (Å²) in [7, 11) is 1.67. The van der Waals surface area contributed by atoms with Crippen molar-refractivity contribution in [2.75, 3.05) is 37.6 Å². The number of nitrogens with one attached hydrogen (secondary N) is 2. The van der Waals surface area contributed by atoms with Gasteiger partial charge < -0.3 is 24.8 Å². The van der Waals surface area contributed by atoms with Crippen LogP contribution in [0.1, 0.15) is 30.1 Å². The van der Waals surface area contributed by atoms with E-state index in [4.69, 9.17) is 14.2 Å². The molecule has 9 nitrogen and oxygen atoms in total. The molecular formula is C19H23F3N6O3. The number of anilines is 3. The second kappa shape index (κ2) is 7.52. The molecule has 0 radical (unpaired) electrons. The van der Waals surface area contributed by atoms with Crippen LogP contribution in [0.5, 0.6) is 5.75 Å². The number of nitrogens with zero attached hydrogens (tertiary/aromatic N) is 4. The van der Waals surface area contributed by atoms with Gasteiger partial charge in [0.2, 0.25) is 5.95 Å². The first kappa shape index (κ1) is 20.3. The van der Waals surface area contributed by atoms with Crippen LogP contribution in [-0.4, -0.2) is 58.8 Å². The summed E-state index contributed by atoms with van der Waals surface area (Å²) in [5.41, 5.74) is -0.242. The monoisotopic (exact) mass is 440 g/mol. The molecular weight excluding hydrogens is 417 g/mol. The Morgan fingerprint density at radius 2 is 2.03 bits per heavy atom. The average Bonchev–Trinajstić information content (AvgIpc) is 3.22. The standard InChI is InChI=1S/C19H23F3N6O3/c1-9-15-17(28(27-9)11-3-12(4-11)29-2)26-18-23-5-13(19(20,21)22)16(25-18)24-14-8-30-6-10(14)7-31-15/h5,10-12,14H,3-4,6-8H2,1-2H3,(H2,23,24,25,26)/t10-,11-,12-,14+/m0/s1. The molecule has 0 amide bonds. The molecule has 0 spiro atoms. The van der Waals surface area contributed by atoms with Gasteiger partial charge in [0.25, 0.3) is 0 Å². The van der Waals surface area contributed by atoms with Crippen LogP contribution in [0.4, 0.5) is 30.8 Å². The molecule has 0 aromatic carbocycles. The topological polar surface area (TPSA) is 95.4 Å². The molecule has 1 saturated heterocycles. The zero-order valence-electron chi connectivity index (χ0n) is 17.1. The van der Waals surface area contributed by atoms with Crippen molar-refractivity contribution in [3.05, 3.63) is 17.5 Å². The second-order valence-electron chi connectivity index (χ2n) is 8.13. The van der Waals surface area contributed by atoms with Gasteiger partial charge in [-0.15, -0.1) is 0 Å². The van der Waals surface area contributed by atoms with E-state index >= 15 is 0 Å². The molecule has 2 aromatic rings. The number of aromatic nitrogens is 4. The maximum Gasteiger partial charge on any atom is 0.421 e. The van der Waals surface area contributed by atoms with E-state index in [1.807, 2.05) is 6.92 Å². The Kier molecular flexibility index (Phi) is 4.93. The molecule has 2 aromatic heterocycles. The van der Waals surface area contributed by atoms with Gasteiger partial charge in [0.15, 0.2) is 11.6 Å². The maximum atomic E-state index is 13.5. The number of ether oxygens (including phenoxy) is 3. The average molecular weight is 440 g/mol. The van der Waals surface area contributed by atoms with Crippen molar-refractivity contribution in [2.24, 2.45) is 5.92 Å². The molecule has 31 heavy (non-hydrogen) atoms. The lowest BCUT2D eigenvalue weighted by molar-refractivity contribution is -0.137. The highest BCUT2D eigenvalue weighted by Crippen LogP contribution is 2.42. The molecule has 2 atom stereocenters. The SMILES string of the molecule is CO[C@H]1C[C@H](n2nc(C)c3c2Nc2ncc(C(F)(F)F)c(n2)N[C@@H]2COC[C@H]2CO3)C1. The van der Waals surface area contributed by atoms with Gasteiger partial charge in [-0.1, -0.05) is 0 Å². The van der Waals surface area contributed by atoms with Crippen molar-refractivity contribution in [1.29, 1.82) is 0 Å². The van der Waals surface area contributed by atoms with E-state index in [2.05, 4.69) is 25.7 Å². The van der Waals surface area contributed by atoms with E-state index in [9.17, 15) is 13.2 Å². The van der Waals surface area contributed by atoms with E-state index in [0.717, 1.165) is 19.0 Å². The van der Waals surface area contributed by atoms with E-state index < -0.39 is 11.7 Å². The fraction of sp³-hybridized carbons (Fsp3) is 0.632. The molecule has 168 valence electrons. The largest absolute Gasteiger partial charge is 0.487 e. The highest BCUT2D eigenvalue weighted by molar-refractivity contribution is 5.62. The third-order valence-corrected chi connectivity index (χ3v) is 6.07. The quantitative estimate of drug-likeness (QED) is 0.736. The predicted octanol–water partition coefficient (Wildman–Crippen LogP) is 2.91. The normalized spacial score (nSPS) is 27.6. The Bertz CT molecular complexity index is 976. The van der Waals surface area contributed by atoms with Crippen molar-refractivity contribution < 1.29 is 27.4 Å². The molecule has 2 fully saturated rings. The number of hydrogen-bond donors (Lipinski definition) is 2. The van der Waals surface area contributed by atoms with E-state index in [1.165, 1.54) is 0 Å². The summed E-state index contributed by atoms with van der Waals surface area (Å²) in [6.45, 7) is 2.76. The first-order chi connectivity index (χ1) is 14.8. The number of aryl methyl sites for hydroxylation is 1. The van der Waals surface area contributed by atoms with Gasteiger partial charge >= 0.3 is 6.18 Å². The maximum absolute atomic E-state index is 13.5. The number of rotatable bonds is 2. The van der Waals surface area contributed by atoms with Crippen LogP contribution in [-0.2, 0) is 15.7 Å². The van der Waals surface area contributed by atoms with E-state index in [-0.39, 0.29) is 49.1 Å². The summed E-state index contributed by atoms with van der Waals surface area (Å²) in [5.74, 6) is 0.676. The van der Waals surface area contributed by atoms with Crippen molar-refractivity contribution >= 4 is 17.6 Å². The van der Waals surface area contributed by atoms with Crippen LogP contribution in [0.2, 0.25) is 0 Å². The molecule has 0 unspecified atom stereocenters. The first-order valence-corrected chi connectivity index (χ1v) is 10.1. The van der Waals surface area contributed by atoms with Crippen LogP contribution < -0.4 is 15.4 Å². The summed E-state index contributed by atoms with van der Waals surface area (Å²) < 4.78 is 59.4. The van der Waals surface area contributed by atoms with Crippen LogP contribution >= 0.6 is 0 Å². The lowest BCUT2D eigenvalue weighted by Gasteiger charge is -2.35. The third-order valence-electron chi connectivity index (χ3n) is 6.07. The third kappa shape index (κ3) is 3.67. The minimum atomic E-state index is -4.59. The Balaban J connectivity index is 1.57. The highest BCUT2D eigenvalue weighted by atomic mass is 19.4. The van der Waals surface area contributed by atoms with Crippen LogP contribution in [0, 0.1) is 12.8 Å². The molecule has 2 bridgehead atoms. The summed E-state index contributed by atoms with van der Waals surface area (Å²) in [6, 6.07) is -0.280. The number of hydrogen-bond acceptors (Lipinski definition) is 8. The summed E-state index contributed by atoms with van der Waals surface area (Å²) in [5, 5.41) is 10.6. The molecule has 2 N–H and O–H groups in total. The number of fused-ring (bicyclic) bond motifs is 4. The van der Waals surface area contributed by atoms with Crippen LogP contribution in [0.15, 0.2) is 6.20 Å². The minimum Gasteiger partial charge on any atom is -0.487 e. The van der Waals surface area contributed by atoms with Gasteiger partial charge in [-0.05, 0) is 19.8 Å². The predicted molar refractivity (Wildman–Crippen MR) is 104 cm³/mol. The van der Waals surface area contributed by atoms with Gasteiger partial charge in [0.05, 0.1) is 38.0 Å². The molecule has 1 aliphatic carbocycles. The van der Waals surface area contributed by atoms with Crippen molar-refractivity contribution in [3.63, 3.8) is 0 Å². The Morgan fingerprint density at radius 1 is 1.23 bits per heavy atom. The smallest absolute Gasteiger partial charge is 0.421 e. The molecule has 4 heterocycles. The number of methoxy groups -OCH3 is 1. The van der Waals surface area contributed by atoms with Gasteiger partial charge in [0.1, 0.15) is 17.1 Å². The van der Waals surface area contributed by atoms with Crippen molar-refractivity contribution in [2.45, 2.75) is 44.1 Å². The van der Waals surface area contributed by atoms with Gasteiger partial charge in [-0.25, -0.2) is 9.67 Å². The fourth-order valence-electron chi connectivity index (χ4n) is 4.17. The van der Waals surface area contributed by atoms with E-state index in [0.29, 0.717) is 23.9 Å². The molecule has 12 heteroatoms. The summed E-state index contributed by atoms with van der Waals surface area (Å²) in [6.07, 6.45) is -2.07. The molecule has 2 aliphatic heterocycles. The van der Waals surface area contributed by atoms with E-state index in [1.54, 1.807) is 11.8 Å². The Hall–Kier alpha value is -2.60. The van der Waals surface area contributed by atoms with Gasteiger partial charge in [-0.2, -0.15) is 23.3 Å². The summed E-state index contributed by atoms with van der Waals surface area (Å²) >= 11 is 0. The number of halogens is 3. The molecule has 5 rings (SSSR count). The van der Waals surface area contributed by atoms with Crippen molar-refractivity contribution in [1.82, 2.24) is 19.7 Å². The molecule has 1 saturated carbocycles. The van der Waals surface area contributed by atoms with Crippen molar-refractivity contribution in [3.8, 4) is 5.75 Å². The van der Waals surface area contributed by atoms with Crippen LogP contribution in [0.3, 0.4) is 0 Å². The Morgan fingerprint density at radius 3 is 2.77 bits per heavy atom. The fourth-order valence-corrected chi connectivity index (χ4v) is 4.17. The zero-order valence-corrected chi connectivity index (χ0v) is 17.1. The second-order valence-corrected chi connectivity index (χ2v) is 8.13. The molecule has 3 aliphatic rings.